The van der Waals surface area contributed by atoms with Gasteiger partial charge in [-0.25, -0.2) is 0 Å². The summed E-state index contributed by atoms with van der Waals surface area (Å²) >= 11 is 0. The van der Waals surface area contributed by atoms with Gasteiger partial charge in [0.25, 0.3) is 0 Å². The van der Waals surface area contributed by atoms with Gasteiger partial charge in [-0.1, -0.05) is 48.5 Å². The monoisotopic (exact) mass is 277 g/mol. The Morgan fingerprint density at radius 2 is 1.57 bits per heavy atom. The summed E-state index contributed by atoms with van der Waals surface area (Å²) in [5, 5.41) is 3.33. The zero-order valence-electron chi connectivity index (χ0n) is 12.0. The number of ketones is 1. The highest BCUT2D eigenvalue weighted by Crippen LogP contribution is 2.28. The standard InChI is InChI=1S/C19H19NO/c21-19-13-7-4-10-16(19)14-20-18-12-6-5-11-17(18)15-8-2-1-3-9-15/h1-3,5-6,8-9,11-12,14,20H,4,7,10,13H2/b16-14+. The molecule has 2 aromatic rings. The minimum absolute atomic E-state index is 0.283. The van der Waals surface area contributed by atoms with Crippen LogP contribution in [0.25, 0.3) is 11.1 Å². The number of rotatable bonds is 3. The van der Waals surface area contributed by atoms with Crippen molar-refractivity contribution in [3.8, 4) is 11.1 Å². The number of anilines is 1. The molecule has 106 valence electrons. The number of benzene rings is 2. The van der Waals surface area contributed by atoms with Crippen LogP contribution in [-0.4, -0.2) is 5.78 Å². The first kappa shape index (κ1) is 13.6. The van der Waals surface area contributed by atoms with Crippen LogP contribution >= 0.6 is 0 Å². The van der Waals surface area contributed by atoms with Crippen molar-refractivity contribution in [3.05, 3.63) is 66.4 Å². The van der Waals surface area contributed by atoms with Gasteiger partial charge in [0.2, 0.25) is 0 Å². The number of carbonyl (C=O) groups is 1. The molecule has 0 radical (unpaired) electrons. The normalized spacial score (nSPS) is 17.0. The lowest BCUT2D eigenvalue weighted by Gasteiger charge is -2.14. The number of allylic oxidation sites excluding steroid dienone is 1. The molecular formula is C19H19NO. The maximum Gasteiger partial charge on any atom is 0.160 e. The molecule has 2 nitrogen and oxygen atoms in total. The summed E-state index contributed by atoms with van der Waals surface area (Å²) in [6.07, 6.45) is 5.60. The maximum atomic E-state index is 11.9. The van der Waals surface area contributed by atoms with Crippen LogP contribution in [-0.2, 0) is 4.79 Å². The van der Waals surface area contributed by atoms with Crippen molar-refractivity contribution >= 4 is 11.5 Å². The van der Waals surface area contributed by atoms with E-state index in [1.807, 2.05) is 42.6 Å². The molecular weight excluding hydrogens is 258 g/mol. The lowest BCUT2D eigenvalue weighted by atomic mass is 9.94. The fourth-order valence-electron chi connectivity index (χ4n) is 2.70. The number of para-hydroxylation sites is 1. The second kappa shape index (κ2) is 6.40. The molecule has 3 rings (SSSR count). The Balaban J connectivity index is 1.86. The maximum absolute atomic E-state index is 11.9. The van der Waals surface area contributed by atoms with Crippen molar-refractivity contribution < 1.29 is 4.79 Å². The van der Waals surface area contributed by atoms with E-state index >= 15 is 0 Å². The molecule has 1 aliphatic rings. The van der Waals surface area contributed by atoms with E-state index in [1.165, 1.54) is 5.56 Å². The average Bonchev–Trinajstić information content (AvgIpc) is 2.55. The van der Waals surface area contributed by atoms with Crippen LogP contribution in [0.5, 0.6) is 0 Å². The third kappa shape index (κ3) is 3.22. The summed E-state index contributed by atoms with van der Waals surface area (Å²) in [4.78, 5) is 11.9. The van der Waals surface area contributed by atoms with Gasteiger partial charge in [-0.15, -0.1) is 0 Å². The quantitative estimate of drug-likeness (QED) is 0.817. The number of Topliss-reactive ketones (excluding diaryl/α,β-unsaturated/α-hetero) is 1. The number of nitrogens with one attached hydrogen (secondary N) is 1. The van der Waals surface area contributed by atoms with Crippen molar-refractivity contribution in [3.63, 3.8) is 0 Å². The molecule has 1 aliphatic carbocycles. The van der Waals surface area contributed by atoms with Crippen LogP contribution in [0.3, 0.4) is 0 Å². The van der Waals surface area contributed by atoms with Crippen molar-refractivity contribution in [2.45, 2.75) is 25.7 Å². The molecule has 2 aromatic carbocycles. The van der Waals surface area contributed by atoms with E-state index < -0.39 is 0 Å². The van der Waals surface area contributed by atoms with E-state index in [0.717, 1.165) is 36.1 Å². The zero-order chi connectivity index (χ0) is 14.5. The highest BCUT2D eigenvalue weighted by atomic mass is 16.1. The fraction of sp³-hybridized carbons (Fsp3) is 0.211. The van der Waals surface area contributed by atoms with E-state index in [2.05, 4.69) is 23.5 Å². The van der Waals surface area contributed by atoms with Gasteiger partial charge in [-0.2, -0.15) is 0 Å². The summed E-state index contributed by atoms with van der Waals surface area (Å²) in [6.45, 7) is 0. The van der Waals surface area contributed by atoms with Gasteiger partial charge >= 0.3 is 0 Å². The van der Waals surface area contributed by atoms with Gasteiger partial charge in [0, 0.05) is 29.4 Å². The molecule has 0 aromatic heterocycles. The summed E-state index contributed by atoms with van der Waals surface area (Å²) in [6, 6.07) is 18.5. The topological polar surface area (TPSA) is 29.1 Å². The Morgan fingerprint density at radius 3 is 2.38 bits per heavy atom. The predicted octanol–water partition coefficient (Wildman–Crippen LogP) is 4.79. The molecule has 21 heavy (non-hydrogen) atoms. The summed E-state index contributed by atoms with van der Waals surface area (Å²) in [5.74, 6) is 0.283. The van der Waals surface area contributed by atoms with E-state index in [1.54, 1.807) is 0 Å². The Bertz CT molecular complexity index is 658. The van der Waals surface area contributed by atoms with Gasteiger partial charge < -0.3 is 5.32 Å². The highest BCUT2D eigenvalue weighted by molar-refractivity contribution is 5.96. The molecule has 2 heteroatoms. The van der Waals surface area contributed by atoms with E-state index in [9.17, 15) is 4.79 Å². The van der Waals surface area contributed by atoms with Crippen LogP contribution < -0.4 is 5.32 Å². The molecule has 0 heterocycles. The van der Waals surface area contributed by atoms with Crippen molar-refractivity contribution in [2.75, 3.05) is 5.32 Å². The van der Waals surface area contributed by atoms with Crippen LogP contribution in [0.4, 0.5) is 5.69 Å². The molecule has 0 saturated heterocycles. The first-order chi connectivity index (χ1) is 10.3. The first-order valence-electron chi connectivity index (χ1n) is 7.48. The Hall–Kier alpha value is -2.35. The Morgan fingerprint density at radius 1 is 0.857 bits per heavy atom. The molecule has 0 unspecified atom stereocenters. The summed E-state index contributed by atoms with van der Waals surface area (Å²) in [7, 11) is 0. The summed E-state index contributed by atoms with van der Waals surface area (Å²) in [5.41, 5.74) is 4.28. The van der Waals surface area contributed by atoms with Crippen LogP contribution in [0.15, 0.2) is 66.4 Å². The number of carbonyl (C=O) groups excluding carboxylic acids is 1. The molecule has 1 N–H and O–H groups in total. The van der Waals surface area contributed by atoms with Gasteiger partial charge in [0.15, 0.2) is 5.78 Å². The minimum atomic E-state index is 0.283. The van der Waals surface area contributed by atoms with Gasteiger partial charge in [0.1, 0.15) is 0 Å². The lowest BCUT2D eigenvalue weighted by molar-refractivity contribution is -0.116. The number of hydrogen-bond donors (Lipinski definition) is 1. The van der Waals surface area contributed by atoms with Crippen LogP contribution in [0.1, 0.15) is 25.7 Å². The minimum Gasteiger partial charge on any atom is -0.361 e. The zero-order valence-corrected chi connectivity index (χ0v) is 12.0. The second-order valence-corrected chi connectivity index (χ2v) is 5.36. The van der Waals surface area contributed by atoms with Crippen LogP contribution in [0, 0.1) is 0 Å². The largest absolute Gasteiger partial charge is 0.361 e. The molecule has 0 atom stereocenters. The molecule has 1 saturated carbocycles. The predicted molar refractivity (Wildman–Crippen MR) is 87.1 cm³/mol. The molecule has 0 spiro atoms. The third-order valence-corrected chi connectivity index (χ3v) is 3.87. The second-order valence-electron chi connectivity index (χ2n) is 5.36. The average molecular weight is 277 g/mol. The Kier molecular flexibility index (Phi) is 4.15. The van der Waals surface area contributed by atoms with E-state index in [-0.39, 0.29) is 5.78 Å². The highest BCUT2D eigenvalue weighted by Gasteiger charge is 2.14. The van der Waals surface area contributed by atoms with E-state index in [0.29, 0.717) is 6.42 Å². The lowest BCUT2D eigenvalue weighted by Crippen LogP contribution is -2.10. The SMILES string of the molecule is O=C1CCCC/C1=C\Nc1ccccc1-c1ccccc1. The van der Waals surface area contributed by atoms with Crippen molar-refractivity contribution in [1.29, 1.82) is 0 Å². The van der Waals surface area contributed by atoms with Gasteiger partial charge in [0.05, 0.1) is 0 Å². The Labute approximate surface area is 125 Å². The van der Waals surface area contributed by atoms with Gasteiger partial charge in [-0.05, 0) is 30.9 Å². The molecule has 0 amide bonds. The third-order valence-electron chi connectivity index (χ3n) is 3.87. The first-order valence-corrected chi connectivity index (χ1v) is 7.48. The molecule has 0 bridgehead atoms. The van der Waals surface area contributed by atoms with Crippen molar-refractivity contribution in [2.24, 2.45) is 0 Å². The van der Waals surface area contributed by atoms with Gasteiger partial charge in [-0.3, -0.25) is 4.79 Å². The molecule has 0 aliphatic heterocycles. The fourth-order valence-corrected chi connectivity index (χ4v) is 2.70. The van der Waals surface area contributed by atoms with Crippen LogP contribution in [0.2, 0.25) is 0 Å². The number of hydrogen-bond acceptors (Lipinski definition) is 2. The summed E-state index contributed by atoms with van der Waals surface area (Å²) < 4.78 is 0. The smallest absolute Gasteiger partial charge is 0.160 e. The van der Waals surface area contributed by atoms with Crippen molar-refractivity contribution in [1.82, 2.24) is 0 Å². The van der Waals surface area contributed by atoms with E-state index in [4.69, 9.17) is 0 Å². The molecule has 1 fully saturated rings.